The number of benzene rings is 6. The van der Waals surface area contributed by atoms with Crippen molar-refractivity contribution in [1.29, 1.82) is 0 Å². The fraction of sp³-hybridized carbons (Fsp3) is 0.210. The summed E-state index contributed by atoms with van der Waals surface area (Å²) in [7, 11) is 2.10. The topological polar surface area (TPSA) is 63.6 Å². The molecule has 3 aliphatic carbocycles. The minimum absolute atomic E-state index is 0.0302. The zero-order chi connectivity index (χ0) is 45.7. The van der Waals surface area contributed by atoms with E-state index in [2.05, 4.69) is 204 Å². The van der Waals surface area contributed by atoms with Crippen LogP contribution >= 0.6 is 0 Å². The molecule has 6 heteroatoms. The van der Waals surface area contributed by atoms with Gasteiger partial charge in [-0.2, -0.15) is 0 Å². The van der Waals surface area contributed by atoms with Crippen molar-refractivity contribution in [3.05, 3.63) is 209 Å². The highest BCUT2D eigenvalue weighted by atomic mass is 15.0. The molecule has 1 aliphatic heterocycles. The molecule has 3 heterocycles. The average molecular weight is 886 g/mol. The molecule has 0 amide bonds. The molecule has 0 spiro atoms. The van der Waals surface area contributed by atoms with Crippen LogP contribution in [0.5, 0.6) is 0 Å². The lowest BCUT2D eigenvalue weighted by Gasteiger charge is -2.33. The summed E-state index contributed by atoms with van der Waals surface area (Å²) < 4.78 is 7.00. The molecule has 1 atom stereocenters. The van der Waals surface area contributed by atoms with Gasteiger partial charge in [-0.1, -0.05) is 127 Å². The number of nitrogens with zero attached hydrogens (tertiary/aromatic N) is 5. The molecule has 1 saturated carbocycles. The summed E-state index contributed by atoms with van der Waals surface area (Å²) in [4.78, 5) is 10.5. The summed E-state index contributed by atoms with van der Waals surface area (Å²) in [5.41, 5.74) is 24.9. The maximum Gasteiger partial charge on any atom is 0.171 e. The van der Waals surface area contributed by atoms with Gasteiger partial charge in [0.05, 0.1) is 34.2 Å². The molecule has 8 aromatic rings. The van der Waals surface area contributed by atoms with E-state index < -0.39 is 0 Å². The smallest absolute Gasteiger partial charge is 0.171 e. The molecule has 2 aromatic heterocycles. The molecule has 6 nitrogen and oxygen atoms in total. The van der Waals surface area contributed by atoms with Crippen LogP contribution in [0.15, 0.2) is 208 Å². The van der Waals surface area contributed by atoms with E-state index in [1.807, 2.05) is 0 Å². The molecule has 4 aliphatic rings. The largest absolute Gasteiger partial charge is 0.387 e. The molecule has 1 fully saturated rings. The average Bonchev–Trinajstić information content (AvgIpc) is 3.98. The molecule has 0 saturated heterocycles. The van der Waals surface area contributed by atoms with Crippen molar-refractivity contribution in [3.63, 3.8) is 0 Å². The standard InChI is InChI=1S/C62H57N6/c1-41-16-13-26-49(43-17-5-3-6-18-43)60(41)52-27-15-21-45(36-53(52)44-19-14-20-44)61(63)65-62(46-34-35-66(2)40-46)64-39-42-30-32-48(33-31-42)68-57-29-12-10-25-51(57)55-37-54-50-24-9-11-28-56(50)67(58(54)38-59(55)68)47-22-7-4-8-23-47/h3-12,17-18,22-38,44-45H,13-16,19-21,39-40H2,1-2H3,(H2,63,64,65)/q+1. The van der Waals surface area contributed by atoms with Gasteiger partial charge in [-0.05, 0) is 133 Å². The summed E-state index contributed by atoms with van der Waals surface area (Å²) in [6, 6.07) is 52.9. The normalized spacial score (nSPS) is 18.4. The number of hydrogen-bond acceptors (Lipinski definition) is 1. The molecule has 12 rings (SSSR count). The fourth-order valence-corrected chi connectivity index (χ4v) is 11.2. The first-order valence-electron chi connectivity index (χ1n) is 24.6. The van der Waals surface area contributed by atoms with Crippen molar-refractivity contribution in [3.8, 4) is 11.4 Å². The van der Waals surface area contributed by atoms with Gasteiger partial charge in [0.1, 0.15) is 12.9 Å². The van der Waals surface area contributed by atoms with Crippen LogP contribution in [-0.2, 0) is 6.54 Å². The van der Waals surface area contributed by atoms with Crippen LogP contribution in [0.25, 0.3) is 60.6 Å². The Morgan fingerprint density at radius 2 is 1.29 bits per heavy atom. The van der Waals surface area contributed by atoms with Gasteiger partial charge in [0.25, 0.3) is 0 Å². The van der Waals surface area contributed by atoms with Gasteiger partial charge < -0.3 is 14.9 Å². The Kier molecular flexibility index (Phi) is 10.8. The zero-order valence-electron chi connectivity index (χ0n) is 39.1. The number of likely N-dealkylation sites (N-methyl/N-ethyl adjacent to an activating group) is 1. The SMILES string of the molecule is CC1=C(C2=CCCC(C(N)=NC(=NCc3ccc(-n4c5ccccc5c5cc6c7ccccc7n(-c7ccccc7)c6cc54)cc3)C3=CC=[N+](C)C3)C=C2C2CCC2)C(c2ccccc2)=CCC1. The number of allylic oxidation sites excluding steroid dienone is 8. The number of fused-ring (bicyclic) bond motifs is 6. The van der Waals surface area contributed by atoms with Crippen molar-refractivity contribution < 1.29 is 4.58 Å². The second kappa shape index (κ2) is 17.6. The molecule has 1 unspecified atom stereocenters. The summed E-state index contributed by atoms with van der Waals surface area (Å²) in [6.45, 7) is 3.59. The van der Waals surface area contributed by atoms with Crippen LogP contribution in [0.1, 0.15) is 63.0 Å². The maximum absolute atomic E-state index is 7.17. The van der Waals surface area contributed by atoms with E-state index in [4.69, 9.17) is 15.7 Å². The Bertz CT molecular complexity index is 3540. The maximum atomic E-state index is 7.17. The van der Waals surface area contributed by atoms with Crippen LogP contribution < -0.4 is 5.73 Å². The van der Waals surface area contributed by atoms with Crippen molar-refractivity contribution >= 4 is 67.1 Å². The van der Waals surface area contributed by atoms with Crippen molar-refractivity contribution in [1.82, 2.24) is 9.13 Å². The first-order valence-corrected chi connectivity index (χ1v) is 24.6. The molecular weight excluding hydrogens is 829 g/mol. The molecule has 0 radical (unpaired) electrons. The molecule has 6 aromatic carbocycles. The third kappa shape index (κ3) is 7.49. The predicted molar refractivity (Wildman–Crippen MR) is 286 cm³/mol. The second-order valence-electron chi connectivity index (χ2n) is 19.3. The quantitative estimate of drug-likeness (QED) is 0.0876. The van der Waals surface area contributed by atoms with Crippen LogP contribution in [0.3, 0.4) is 0 Å². The molecular formula is C62H57N6+. The van der Waals surface area contributed by atoms with Crippen molar-refractivity contribution in [2.24, 2.45) is 27.6 Å². The lowest BCUT2D eigenvalue weighted by Crippen LogP contribution is -2.26. The molecule has 0 bridgehead atoms. The van der Waals surface area contributed by atoms with Gasteiger partial charge in [-0.25, -0.2) is 9.57 Å². The number of nitrogens with two attached hydrogens (primary N) is 1. The lowest BCUT2D eigenvalue weighted by atomic mass is 9.72. The van der Waals surface area contributed by atoms with Gasteiger partial charge in [0.15, 0.2) is 18.6 Å². The Morgan fingerprint density at radius 3 is 1.94 bits per heavy atom. The minimum Gasteiger partial charge on any atom is -0.387 e. The number of hydrogen-bond donors (Lipinski definition) is 1. The van der Waals surface area contributed by atoms with E-state index in [1.54, 1.807) is 0 Å². The van der Waals surface area contributed by atoms with Crippen LogP contribution in [0, 0.1) is 11.8 Å². The number of amidine groups is 2. The van der Waals surface area contributed by atoms with Crippen molar-refractivity contribution in [2.45, 2.75) is 58.4 Å². The molecule has 2 N–H and O–H groups in total. The Balaban J connectivity index is 0.879. The monoisotopic (exact) mass is 885 g/mol. The van der Waals surface area contributed by atoms with Crippen LogP contribution in [-0.4, -0.2) is 45.2 Å². The summed E-state index contributed by atoms with van der Waals surface area (Å²) in [6.07, 6.45) is 19.5. The van der Waals surface area contributed by atoms with Gasteiger partial charge in [0.2, 0.25) is 0 Å². The Hall–Kier alpha value is -7.57. The predicted octanol–water partition coefficient (Wildman–Crippen LogP) is 14.0. The second-order valence-corrected chi connectivity index (χ2v) is 19.3. The Labute approximate surface area is 398 Å². The van der Waals surface area contributed by atoms with E-state index in [0.717, 1.165) is 60.6 Å². The van der Waals surface area contributed by atoms with Gasteiger partial charge in [0, 0.05) is 44.9 Å². The third-order valence-electron chi connectivity index (χ3n) is 14.9. The van der Waals surface area contributed by atoms with E-state index in [9.17, 15) is 0 Å². The summed E-state index contributed by atoms with van der Waals surface area (Å²) in [5.74, 6) is 1.96. The molecule has 334 valence electrons. The van der Waals surface area contributed by atoms with Gasteiger partial charge >= 0.3 is 0 Å². The Morgan fingerprint density at radius 1 is 0.662 bits per heavy atom. The van der Waals surface area contributed by atoms with Gasteiger partial charge in [-0.15, -0.1) is 0 Å². The fourth-order valence-electron chi connectivity index (χ4n) is 11.2. The zero-order valence-corrected chi connectivity index (χ0v) is 39.1. The van der Waals surface area contributed by atoms with Crippen LogP contribution in [0.2, 0.25) is 0 Å². The lowest BCUT2D eigenvalue weighted by molar-refractivity contribution is -0.478. The van der Waals surface area contributed by atoms with Gasteiger partial charge in [-0.3, -0.25) is 4.99 Å². The van der Waals surface area contributed by atoms with E-state index in [1.165, 1.54) is 96.3 Å². The van der Waals surface area contributed by atoms with E-state index in [-0.39, 0.29) is 5.92 Å². The minimum atomic E-state index is 0.0302. The van der Waals surface area contributed by atoms with E-state index >= 15 is 0 Å². The third-order valence-corrected chi connectivity index (χ3v) is 14.9. The van der Waals surface area contributed by atoms with Crippen molar-refractivity contribution in [2.75, 3.05) is 13.6 Å². The van der Waals surface area contributed by atoms with E-state index in [0.29, 0.717) is 18.3 Å². The number of para-hydroxylation sites is 3. The number of aliphatic imine (C=N–C) groups is 2. The number of aromatic nitrogens is 2. The molecule has 68 heavy (non-hydrogen) atoms. The summed E-state index contributed by atoms with van der Waals surface area (Å²) >= 11 is 0. The highest BCUT2D eigenvalue weighted by Crippen LogP contribution is 2.47. The highest BCUT2D eigenvalue weighted by Gasteiger charge is 2.32. The highest BCUT2D eigenvalue weighted by molar-refractivity contribution is 6.19. The van der Waals surface area contributed by atoms with Crippen LogP contribution in [0.4, 0.5) is 0 Å². The summed E-state index contributed by atoms with van der Waals surface area (Å²) in [5, 5.41) is 5.00. The number of rotatable bonds is 9. The first kappa shape index (κ1) is 41.8. The first-order chi connectivity index (χ1) is 33.5.